The fraction of sp³-hybridized carbons (Fsp3) is 0.833. The van der Waals surface area contributed by atoms with Crippen LogP contribution in [0.5, 0.6) is 0 Å². The first-order valence-corrected chi connectivity index (χ1v) is 3.74. The van der Waals surface area contributed by atoms with Crippen LogP contribution in [0.2, 0.25) is 5.82 Å². The van der Waals surface area contributed by atoms with Gasteiger partial charge in [-0.05, 0) is 12.2 Å². The van der Waals surface area contributed by atoms with Crippen LogP contribution in [0.3, 0.4) is 0 Å². The quantitative estimate of drug-likeness (QED) is 0.415. The molecule has 1 fully saturated rings. The second kappa shape index (κ2) is 4.36. The summed E-state index contributed by atoms with van der Waals surface area (Å²) in [5.74, 6) is 0.457. The van der Waals surface area contributed by atoms with Gasteiger partial charge in [0, 0.05) is 13.0 Å². The first-order chi connectivity index (χ1) is 5.33. The third kappa shape index (κ3) is 2.90. The molecule has 5 heteroatoms. The van der Waals surface area contributed by atoms with Crippen molar-refractivity contribution in [2.24, 2.45) is 5.73 Å². The third-order valence-electron chi connectivity index (χ3n) is 1.69. The summed E-state index contributed by atoms with van der Waals surface area (Å²) >= 11 is 0. The molecule has 1 heterocycles. The number of piperidine rings is 1. The first kappa shape index (κ1) is 8.55. The van der Waals surface area contributed by atoms with E-state index in [4.69, 9.17) is 10.4 Å². The molecule has 1 saturated heterocycles. The Hall–Kier alpha value is -0.545. The monoisotopic (exact) mass is 155 g/mol. The van der Waals surface area contributed by atoms with Crippen molar-refractivity contribution in [1.29, 1.82) is 0 Å². The van der Waals surface area contributed by atoms with E-state index < -0.39 is 0 Å². The van der Waals surface area contributed by atoms with Crippen molar-refractivity contribution in [2.45, 2.75) is 18.7 Å². The van der Waals surface area contributed by atoms with Gasteiger partial charge in [-0.1, -0.05) is 0 Å². The van der Waals surface area contributed by atoms with Crippen molar-refractivity contribution < 1.29 is 9.45 Å². The summed E-state index contributed by atoms with van der Waals surface area (Å²) in [5.41, 5.74) is 5.13. The van der Waals surface area contributed by atoms with Gasteiger partial charge in [0.2, 0.25) is 5.91 Å². The van der Waals surface area contributed by atoms with E-state index in [1.54, 1.807) is 7.48 Å². The maximum Gasteiger partial charge on any atom is 0.299 e. The van der Waals surface area contributed by atoms with Crippen LogP contribution in [0.1, 0.15) is 12.8 Å². The predicted molar refractivity (Wildman–Crippen MR) is 41.9 cm³/mol. The Morgan fingerprint density at radius 2 is 2.64 bits per heavy atom. The lowest BCUT2D eigenvalue weighted by molar-refractivity contribution is -0.122. The SMILES string of the molecule is NCO[B]C1CCC(=O)NC1. The molecule has 0 bridgehead atoms. The number of hydrogen-bond acceptors (Lipinski definition) is 3. The molecule has 1 aliphatic heterocycles. The highest BCUT2D eigenvalue weighted by Crippen LogP contribution is 2.14. The number of carbonyl (C=O) groups excluding carboxylic acids is 1. The highest BCUT2D eigenvalue weighted by atomic mass is 16.4. The third-order valence-corrected chi connectivity index (χ3v) is 1.69. The smallest absolute Gasteiger partial charge is 0.299 e. The van der Waals surface area contributed by atoms with Crippen LogP contribution < -0.4 is 11.1 Å². The summed E-state index contributed by atoms with van der Waals surface area (Å²) in [5, 5.41) is 2.75. The lowest BCUT2D eigenvalue weighted by Gasteiger charge is -2.20. The van der Waals surface area contributed by atoms with Crippen LogP contribution in [0.15, 0.2) is 0 Å². The predicted octanol–water partition coefficient (Wildman–Crippen LogP) is -0.763. The van der Waals surface area contributed by atoms with Crippen molar-refractivity contribution in [2.75, 3.05) is 13.3 Å². The molecule has 3 N–H and O–H groups in total. The van der Waals surface area contributed by atoms with Gasteiger partial charge in [-0.25, -0.2) is 0 Å². The van der Waals surface area contributed by atoms with Gasteiger partial charge in [-0.15, -0.1) is 0 Å². The molecule has 4 nitrogen and oxygen atoms in total. The Labute approximate surface area is 66.7 Å². The van der Waals surface area contributed by atoms with Crippen LogP contribution in [-0.4, -0.2) is 26.7 Å². The average molecular weight is 155 g/mol. The molecule has 11 heavy (non-hydrogen) atoms. The molecule has 0 aromatic heterocycles. The maximum atomic E-state index is 10.7. The van der Waals surface area contributed by atoms with Crippen molar-refractivity contribution in [3.8, 4) is 0 Å². The highest BCUT2D eigenvalue weighted by Gasteiger charge is 2.18. The Balaban J connectivity index is 2.12. The van der Waals surface area contributed by atoms with Gasteiger partial charge in [0.05, 0.1) is 6.73 Å². The molecule has 0 aromatic rings. The lowest BCUT2D eigenvalue weighted by Crippen LogP contribution is -2.35. The number of carbonyl (C=O) groups is 1. The van der Waals surface area contributed by atoms with E-state index in [0.29, 0.717) is 18.8 Å². The van der Waals surface area contributed by atoms with E-state index >= 15 is 0 Å². The fourth-order valence-electron chi connectivity index (χ4n) is 1.06. The average Bonchev–Trinajstić information content (AvgIpc) is 2.04. The van der Waals surface area contributed by atoms with Gasteiger partial charge in [-0.2, -0.15) is 0 Å². The van der Waals surface area contributed by atoms with E-state index in [0.717, 1.165) is 6.42 Å². The van der Waals surface area contributed by atoms with Crippen LogP contribution in [0.4, 0.5) is 0 Å². The zero-order valence-electron chi connectivity index (χ0n) is 6.38. The molecule has 1 unspecified atom stereocenters. The molecule has 1 amide bonds. The van der Waals surface area contributed by atoms with Gasteiger partial charge < -0.3 is 15.7 Å². The maximum absolute atomic E-state index is 10.7. The Morgan fingerprint density at radius 1 is 1.82 bits per heavy atom. The van der Waals surface area contributed by atoms with Crippen molar-refractivity contribution in [3.63, 3.8) is 0 Å². The van der Waals surface area contributed by atoms with Crippen molar-refractivity contribution in [1.82, 2.24) is 5.32 Å². The number of amides is 1. The second-order valence-corrected chi connectivity index (χ2v) is 2.57. The van der Waals surface area contributed by atoms with Crippen LogP contribution in [0, 0.1) is 0 Å². The van der Waals surface area contributed by atoms with Crippen LogP contribution >= 0.6 is 0 Å². The number of nitrogens with one attached hydrogen (secondary N) is 1. The van der Waals surface area contributed by atoms with Gasteiger partial charge in [0.25, 0.3) is 7.48 Å². The van der Waals surface area contributed by atoms with Gasteiger partial charge in [0.15, 0.2) is 0 Å². The molecule has 1 rings (SSSR count). The normalized spacial score (nSPS) is 24.5. The summed E-state index contributed by atoms with van der Waals surface area (Å²) < 4.78 is 4.91. The van der Waals surface area contributed by atoms with E-state index in [1.807, 2.05) is 0 Å². The standard InChI is InChI=1S/C6H12BN2O2/c8-4-11-7-5-1-2-6(10)9-3-5/h5H,1-4,8H2,(H,9,10). The number of rotatable bonds is 3. The zero-order chi connectivity index (χ0) is 8.10. The molecule has 0 spiro atoms. The van der Waals surface area contributed by atoms with E-state index in [9.17, 15) is 4.79 Å². The zero-order valence-corrected chi connectivity index (χ0v) is 6.38. The molecule has 1 radical (unpaired) electrons. The summed E-state index contributed by atoms with van der Waals surface area (Å²) in [6, 6.07) is 0. The minimum absolute atomic E-state index is 0.127. The summed E-state index contributed by atoms with van der Waals surface area (Å²) in [4.78, 5) is 10.7. The molecule has 1 atom stereocenters. The van der Waals surface area contributed by atoms with Crippen LogP contribution in [0.25, 0.3) is 0 Å². The van der Waals surface area contributed by atoms with Crippen molar-refractivity contribution >= 4 is 13.4 Å². The van der Waals surface area contributed by atoms with Gasteiger partial charge in [-0.3, -0.25) is 4.79 Å². The second-order valence-electron chi connectivity index (χ2n) is 2.57. The molecule has 0 saturated carbocycles. The molecule has 1 aliphatic rings. The van der Waals surface area contributed by atoms with Gasteiger partial charge in [0.1, 0.15) is 0 Å². The molecule has 61 valence electrons. The van der Waals surface area contributed by atoms with E-state index in [1.165, 1.54) is 0 Å². The number of nitrogens with two attached hydrogens (primary N) is 1. The van der Waals surface area contributed by atoms with E-state index in [2.05, 4.69) is 5.32 Å². The Bertz CT molecular complexity index is 133. The Morgan fingerprint density at radius 3 is 3.18 bits per heavy atom. The summed E-state index contributed by atoms with van der Waals surface area (Å²) in [6.45, 7) is 0.892. The van der Waals surface area contributed by atoms with Gasteiger partial charge >= 0.3 is 0 Å². The topological polar surface area (TPSA) is 64.3 Å². The highest BCUT2D eigenvalue weighted by molar-refractivity contribution is 6.29. The first-order valence-electron chi connectivity index (χ1n) is 3.74. The fourth-order valence-corrected chi connectivity index (χ4v) is 1.06. The molecular weight excluding hydrogens is 143 g/mol. The lowest BCUT2D eigenvalue weighted by atomic mass is 9.75. The summed E-state index contributed by atoms with van der Waals surface area (Å²) in [7, 11) is 1.71. The van der Waals surface area contributed by atoms with Crippen molar-refractivity contribution in [3.05, 3.63) is 0 Å². The molecule has 0 aliphatic carbocycles. The van der Waals surface area contributed by atoms with Crippen LogP contribution in [-0.2, 0) is 9.45 Å². The Kier molecular flexibility index (Phi) is 3.39. The minimum atomic E-state index is 0.127. The summed E-state index contributed by atoms with van der Waals surface area (Å²) in [6.07, 6.45) is 1.46. The minimum Gasteiger partial charge on any atom is -0.428 e. The largest absolute Gasteiger partial charge is 0.428 e. The molecule has 0 aromatic carbocycles. The molecular formula is C6H12BN2O2. The number of hydrogen-bond donors (Lipinski definition) is 2. The van der Waals surface area contributed by atoms with E-state index in [-0.39, 0.29) is 12.6 Å².